The summed E-state index contributed by atoms with van der Waals surface area (Å²) in [5, 5.41) is 20.9. The van der Waals surface area contributed by atoms with Crippen LogP contribution >= 0.6 is 0 Å². The molecule has 0 saturated carbocycles. The maximum Gasteiger partial charge on any atom is 0.240 e. The smallest absolute Gasteiger partial charge is 0.240 e. The van der Waals surface area contributed by atoms with E-state index in [1.807, 2.05) is 31.2 Å². The van der Waals surface area contributed by atoms with Crippen LogP contribution in [0, 0.1) is 6.92 Å². The number of para-hydroxylation sites is 2. The number of nitrogens with one attached hydrogen (secondary N) is 1. The molecule has 1 amide bonds. The largest absolute Gasteiger partial charge is 0.495 e. The van der Waals surface area contributed by atoms with E-state index in [4.69, 9.17) is 9.47 Å². The van der Waals surface area contributed by atoms with E-state index in [0.29, 0.717) is 26.2 Å². The number of anilines is 1. The topological polar surface area (TPSA) is 129 Å². The Kier molecular flexibility index (Phi) is 8.16. The van der Waals surface area contributed by atoms with Gasteiger partial charge in [0, 0.05) is 32.7 Å². The molecular weight excluding hydrogens is 486 g/mol. The zero-order valence-corrected chi connectivity index (χ0v) is 21.2. The molecule has 2 heterocycles. The van der Waals surface area contributed by atoms with Crippen LogP contribution in [0.4, 0.5) is 5.69 Å². The molecule has 0 aromatic heterocycles. The van der Waals surface area contributed by atoms with Gasteiger partial charge >= 0.3 is 0 Å². The van der Waals surface area contributed by atoms with Crippen LogP contribution in [0.25, 0.3) is 0 Å². The van der Waals surface area contributed by atoms with Gasteiger partial charge in [-0.3, -0.25) is 4.79 Å². The maximum absolute atomic E-state index is 12.9. The fourth-order valence-electron chi connectivity index (χ4n) is 4.54. The second-order valence-corrected chi connectivity index (χ2v) is 10.9. The van der Waals surface area contributed by atoms with Gasteiger partial charge < -0.3 is 29.5 Å². The molecule has 2 aliphatic heterocycles. The highest BCUT2D eigenvalue weighted by molar-refractivity contribution is 7.89. The quantitative estimate of drug-likeness (QED) is 0.460. The van der Waals surface area contributed by atoms with E-state index in [1.54, 1.807) is 24.1 Å². The highest BCUT2D eigenvalue weighted by atomic mass is 32.2. The molecule has 2 aliphatic rings. The summed E-state index contributed by atoms with van der Waals surface area (Å²) in [7, 11) is -2.18. The maximum atomic E-state index is 12.9. The Hall–Kier alpha value is -2.70. The lowest BCUT2D eigenvalue weighted by Crippen LogP contribution is -2.50. The summed E-state index contributed by atoms with van der Waals surface area (Å²) in [6.45, 7) is 3.90. The van der Waals surface area contributed by atoms with Crippen LogP contribution in [0.1, 0.15) is 12.0 Å². The molecule has 10 nitrogen and oxygen atoms in total. The molecule has 4 unspecified atom stereocenters. The number of rotatable bonds is 8. The van der Waals surface area contributed by atoms with Crippen molar-refractivity contribution in [3.05, 3.63) is 54.1 Å². The number of hydrogen-bond donors (Lipinski definition) is 3. The van der Waals surface area contributed by atoms with Gasteiger partial charge in [-0.05, 0) is 31.2 Å². The Morgan fingerprint density at radius 3 is 2.33 bits per heavy atom. The van der Waals surface area contributed by atoms with Gasteiger partial charge in [0.05, 0.1) is 30.2 Å². The lowest BCUT2D eigenvalue weighted by Gasteiger charge is -2.37. The Morgan fingerprint density at radius 2 is 1.67 bits per heavy atom. The summed E-state index contributed by atoms with van der Waals surface area (Å²) in [5.41, 5.74) is 1.90. The van der Waals surface area contributed by atoms with Crippen molar-refractivity contribution in [3.8, 4) is 5.75 Å². The van der Waals surface area contributed by atoms with E-state index in [0.717, 1.165) is 17.0 Å². The van der Waals surface area contributed by atoms with Gasteiger partial charge in [-0.15, -0.1) is 0 Å². The summed E-state index contributed by atoms with van der Waals surface area (Å²) in [6, 6.07) is 14.1. The minimum absolute atomic E-state index is 0.0973. The van der Waals surface area contributed by atoms with Crippen LogP contribution < -0.4 is 14.4 Å². The Morgan fingerprint density at radius 1 is 1.03 bits per heavy atom. The second kappa shape index (κ2) is 11.1. The minimum atomic E-state index is -3.81. The van der Waals surface area contributed by atoms with Gasteiger partial charge in [0.25, 0.3) is 0 Å². The van der Waals surface area contributed by atoms with Crippen molar-refractivity contribution in [2.75, 3.05) is 44.7 Å². The first-order valence-corrected chi connectivity index (χ1v) is 13.4. The van der Waals surface area contributed by atoms with E-state index in [1.165, 1.54) is 12.1 Å². The Balaban J connectivity index is 1.29. The normalized spacial score (nSPS) is 24.7. The van der Waals surface area contributed by atoms with Crippen molar-refractivity contribution >= 4 is 21.6 Å². The van der Waals surface area contributed by atoms with E-state index in [-0.39, 0.29) is 23.8 Å². The number of hydrogen-bond acceptors (Lipinski definition) is 8. The number of carbonyl (C=O) groups is 1. The molecule has 2 aromatic carbocycles. The first kappa shape index (κ1) is 26.4. The van der Waals surface area contributed by atoms with Crippen molar-refractivity contribution in [2.24, 2.45) is 0 Å². The number of carbonyl (C=O) groups excluding carboxylic acids is 1. The fourth-order valence-corrected chi connectivity index (χ4v) is 5.59. The Labute approximate surface area is 211 Å². The summed E-state index contributed by atoms with van der Waals surface area (Å²) in [6.07, 6.45) is -4.61. The van der Waals surface area contributed by atoms with Gasteiger partial charge in [-0.1, -0.05) is 29.8 Å². The number of aliphatic hydroxyl groups is 2. The summed E-state index contributed by atoms with van der Waals surface area (Å²) in [4.78, 5) is 16.9. The highest BCUT2D eigenvalue weighted by Crippen LogP contribution is 2.29. The minimum Gasteiger partial charge on any atom is -0.495 e. The van der Waals surface area contributed by atoms with Gasteiger partial charge in [0.2, 0.25) is 15.9 Å². The first-order chi connectivity index (χ1) is 17.2. The van der Waals surface area contributed by atoms with Gasteiger partial charge in [-0.25, -0.2) is 13.1 Å². The molecule has 3 N–H and O–H groups in total. The molecule has 0 spiro atoms. The Bertz CT molecular complexity index is 1150. The summed E-state index contributed by atoms with van der Waals surface area (Å²) in [5.74, 6) is 0.588. The van der Waals surface area contributed by atoms with Crippen molar-refractivity contribution < 1.29 is 32.9 Å². The van der Waals surface area contributed by atoms with Crippen LogP contribution in [-0.2, 0) is 19.6 Å². The van der Waals surface area contributed by atoms with Crippen LogP contribution in [0.5, 0.6) is 5.75 Å². The molecule has 0 aliphatic carbocycles. The second-order valence-electron chi connectivity index (χ2n) is 9.10. The van der Waals surface area contributed by atoms with Crippen molar-refractivity contribution in [1.82, 2.24) is 9.62 Å². The number of piperazine rings is 1. The number of ether oxygens (including phenoxy) is 2. The number of aryl methyl sites for hydroxylation is 1. The average Bonchev–Trinajstić information content (AvgIpc) is 3.15. The molecule has 36 heavy (non-hydrogen) atoms. The number of nitrogens with zero attached hydrogens (tertiary/aromatic N) is 2. The summed E-state index contributed by atoms with van der Waals surface area (Å²) >= 11 is 0. The predicted molar refractivity (Wildman–Crippen MR) is 133 cm³/mol. The lowest BCUT2D eigenvalue weighted by molar-refractivity contribution is -0.135. The number of benzene rings is 2. The summed E-state index contributed by atoms with van der Waals surface area (Å²) < 4.78 is 38.6. The average molecular weight is 520 g/mol. The van der Waals surface area contributed by atoms with E-state index in [9.17, 15) is 23.4 Å². The third-order valence-electron chi connectivity index (χ3n) is 6.70. The number of amides is 1. The number of aliphatic hydroxyl groups excluding tert-OH is 2. The monoisotopic (exact) mass is 519 g/mol. The van der Waals surface area contributed by atoms with Gasteiger partial charge in [0.15, 0.2) is 0 Å². The SMILES string of the molecule is COc1ccccc1N1CCN(C(=O)CC2OC(CNS(=O)(=O)c3ccc(C)cc3)C(O)C2O)CC1. The van der Waals surface area contributed by atoms with Crippen LogP contribution in [-0.4, -0.2) is 93.7 Å². The molecule has 2 aromatic rings. The lowest BCUT2D eigenvalue weighted by atomic mass is 10.0. The molecule has 4 rings (SSSR count). The number of sulfonamides is 1. The third-order valence-corrected chi connectivity index (χ3v) is 8.14. The molecular formula is C25H33N3O7S. The van der Waals surface area contributed by atoms with E-state index < -0.39 is 34.4 Å². The number of methoxy groups -OCH3 is 1. The predicted octanol–water partition coefficient (Wildman–Crippen LogP) is 0.510. The zero-order chi connectivity index (χ0) is 25.9. The van der Waals surface area contributed by atoms with E-state index in [2.05, 4.69) is 9.62 Å². The van der Waals surface area contributed by atoms with Crippen molar-refractivity contribution in [2.45, 2.75) is 42.7 Å². The molecule has 2 saturated heterocycles. The van der Waals surface area contributed by atoms with Crippen molar-refractivity contribution in [1.29, 1.82) is 0 Å². The van der Waals surface area contributed by atoms with Gasteiger partial charge in [0.1, 0.15) is 24.1 Å². The zero-order valence-electron chi connectivity index (χ0n) is 20.4. The van der Waals surface area contributed by atoms with Crippen molar-refractivity contribution in [3.63, 3.8) is 0 Å². The van der Waals surface area contributed by atoms with Gasteiger partial charge in [-0.2, -0.15) is 0 Å². The molecule has 2 fully saturated rings. The molecule has 4 atom stereocenters. The van der Waals surface area contributed by atoms with Crippen LogP contribution in [0.15, 0.2) is 53.4 Å². The standard InChI is InChI=1S/C25H33N3O7S/c1-17-7-9-18(10-8-17)36(32,33)26-16-22-25(31)24(30)21(35-22)15-23(29)28-13-11-27(12-14-28)19-5-3-4-6-20(19)34-2/h3-10,21-22,24-26,30-31H,11-16H2,1-2H3. The fraction of sp³-hybridized carbons (Fsp3) is 0.480. The molecule has 196 valence electrons. The first-order valence-electron chi connectivity index (χ1n) is 11.9. The molecule has 0 bridgehead atoms. The molecule has 0 radical (unpaired) electrons. The molecule has 11 heteroatoms. The van der Waals surface area contributed by atoms with Crippen LogP contribution in [0.2, 0.25) is 0 Å². The highest BCUT2D eigenvalue weighted by Gasteiger charge is 2.44. The van der Waals surface area contributed by atoms with E-state index >= 15 is 0 Å². The van der Waals surface area contributed by atoms with Crippen LogP contribution in [0.3, 0.4) is 0 Å². The third kappa shape index (κ3) is 5.81.